The van der Waals surface area contributed by atoms with Crippen molar-refractivity contribution in [2.45, 2.75) is 26.4 Å². The topological polar surface area (TPSA) is 48.2 Å². The highest BCUT2D eigenvalue weighted by molar-refractivity contribution is 5.23. The van der Waals surface area contributed by atoms with Crippen LogP contribution in [0.1, 0.15) is 25.1 Å². The van der Waals surface area contributed by atoms with Crippen LogP contribution in [0.3, 0.4) is 0 Å². The number of para-hydroxylation sites is 1. The van der Waals surface area contributed by atoms with Crippen molar-refractivity contribution >= 4 is 0 Å². The second kappa shape index (κ2) is 5.43. The molecule has 1 heterocycles. The summed E-state index contributed by atoms with van der Waals surface area (Å²) in [6.45, 7) is 2.11. The van der Waals surface area contributed by atoms with Crippen LogP contribution in [0.2, 0.25) is 0 Å². The first-order chi connectivity index (χ1) is 8.29. The summed E-state index contributed by atoms with van der Waals surface area (Å²) in [7, 11) is 0. The molecule has 0 saturated carbocycles. The van der Waals surface area contributed by atoms with Crippen LogP contribution in [-0.4, -0.2) is 10.1 Å². The molecule has 1 aromatic heterocycles. The Morgan fingerprint density at radius 3 is 2.94 bits per heavy atom. The third-order valence-electron chi connectivity index (χ3n) is 2.17. The summed E-state index contributed by atoms with van der Waals surface area (Å²) in [4.78, 5) is 4.12. The number of hydrogen-bond donors (Lipinski definition) is 0. The van der Waals surface area contributed by atoms with Crippen molar-refractivity contribution in [2.24, 2.45) is 0 Å². The van der Waals surface area contributed by atoms with Crippen molar-refractivity contribution in [1.29, 1.82) is 0 Å². The van der Waals surface area contributed by atoms with Gasteiger partial charge in [-0.3, -0.25) is 0 Å². The van der Waals surface area contributed by atoms with E-state index in [2.05, 4.69) is 10.1 Å². The number of nitrogens with zero attached hydrogens (tertiary/aromatic N) is 2. The van der Waals surface area contributed by atoms with Gasteiger partial charge in [0.05, 0.1) is 0 Å². The van der Waals surface area contributed by atoms with Gasteiger partial charge in [-0.1, -0.05) is 24.2 Å². The Balaban J connectivity index is 1.95. The van der Waals surface area contributed by atoms with E-state index >= 15 is 0 Å². The average molecular weight is 236 g/mol. The van der Waals surface area contributed by atoms with Gasteiger partial charge in [-0.15, -0.1) is 0 Å². The molecule has 0 radical (unpaired) electrons. The second-order valence-electron chi connectivity index (χ2n) is 3.57. The molecule has 0 saturated heterocycles. The van der Waals surface area contributed by atoms with Crippen molar-refractivity contribution in [3.63, 3.8) is 0 Å². The Bertz CT molecular complexity index is 485. The maximum absolute atomic E-state index is 13.2. The monoisotopic (exact) mass is 236 g/mol. The predicted molar refractivity (Wildman–Crippen MR) is 59.0 cm³/mol. The molecule has 5 heteroatoms. The van der Waals surface area contributed by atoms with Gasteiger partial charge in [0.15, 0.2) is 24.0 Å². The van der Waals surface area contributed by atoms with E-state index in [4.69, 9.17) is 9.26 Å². The zero-order chi connectivity index (χ0) is 12.1. The molecule has 0 aliphatic heterocycles. The zero-order valence-electron chi connectivity index (χ0n) is 9.52. The average Bonchev–Trinajstić information content (AvgIpc) is 2.76. The standard InChI is InChI=1S/C12H13FN2O2/c1-2-5-11-14-12(17-15-11)8-16-10-7-4-3-6-9(10)13/h3-4,6-7H,2,5,8H2,1H3. The Morgan fingerprint density at radius 1 is 1.35 bits per heavy atom. The fraction of sp³-hybridized carbons (Fsp3) is 0.333. The van der Waals surface area contributed by atoms with Gasteiger partial charge in [0, 0.05) is 6.42 Å². The minimum absolute atomic E-state index is 0.0810. The third kappa shape index (κ3) is 3.03. The summed E-state index contributed by atoms with van der Waals surface area (Å²) in [5, 5.41) is 3.78. The van der Waals surface area contributed by atoms with Crippen molar-refractivity contribution < 1.29 is 13.7 Å². The summed E-state index contributed by atoms with van der Waals surface area (Å²) in [5.41, 5.74) is 0. The number of aryl methyl sites for hydroxylation is 1. The molecule has 0 unspecified atom stereocenters. The molecule has 17 heavy (non-hydrogen) atoms. The largest absolute Gasteiger partial charge is 0.481 e. The highest BCUT2D eigenvalue weighted by Crippen LogP contribution is 2.16. The molecular formula is C12H13FN2O2. The van der Waals surface area contributed by atoms with Gasteiger partial charge in [-0.2, -0.15) is 4.98 Å². The van der Waals surface area contributed by atoms with Crippen LogP contribution < -0.4 is 4.74 Å². The molecule has 2 rings (SSSR count). The lowest BCUT2D eigenvalue weighted by atomic mass is 10.3. The summed E-state index contributed by atoms with van der Waals surface area (Å²) < 4.78 is 23.4. The molecule has 0 fully saturated rings. The second-order valence-corrected chi connectivity index (χ2v) is 3.57. The summed E-state index contributed by atoms with van der Waals surface area (Å²) in [6.07, 6.45) is 1.72. The Labute approximate surface area is 98.4 Å². The molecule has 2 aromatic rings. The van der Waals surface area contributed by atoms with Gasteiger partial charge in [-0.25, -0.2) is 4.39 Å². The number of halogens is 1. The van der Waals surface area contributed by atoms with Crippen LogP contribution in [0.4, 0.5) is 4.39 Å². The highest BCUT2D eigenvalue weighted by Gasteiger charge is 2.07. The van der Waals surface area contributed by atoms with E-state index in [9.17, 15) is 4.39 Å². The highest BCUT2D eigenvalue weighted by atomic mass is 19.1. The lowest BCUT2D eigenvalue weighted by Gasteiger charge is -2.03. The van der Waals surface area contributed by atoms with Crippen molar-refractivity contribution in [3.05, 3.63) is 41.8 Å². The van der Waals surface area contributed by atoms with Gasteiger partial charge in [-0.05, 0) is 18.6 Å². The first-order valence-corrected chi connectivity index (χ1v) is 5.48. The minimum Gasteiger partial charge on any atom is -0.481 e. The van der Waals surface area contributed by atoms with Crippen LogP contribution in [0.15, 0.2) is 28.8 Å². The number of ether oxygens (including phenoxy) is 1. The first kappa shape index (κ1) is 11.6. The molecule has 0 aliphatic carbocycles. The molecule has 0 atom stereocenters. The van der Waals surface area contributed by atoms with Gasteiger partial charge < -0.3 is 9.26 Å². The zero-order valence-corrected chi connectivity index (χ0v) is 9.52. The van der Waals surface area contributed by atoms with E-state index in [1.54, 1.807) is 18.2 Å². The van der Waals surface area contributed by atoms with E-state index in [0.29, 0.717) is 11.7 Å². The SMILES string of the molecule is CCCc1noc(COc2ccccc2F)n1. The van der Waals surface area contributed by atoms with Gasteiger partial charge >= 0.3 is 0 Å². The van der Waals surface area contributed by atoms with Crippen LogP contribution in [0, 0.1) is 5.82 Å². The minimum atomic E-state index is -0.402. The van der Waals surface area contributed by atoms with Gasteiger partial charge in [0.1, 0.15) is 0 Å². The molecule has 0 bridgehead atoms. The summed E-state index contributed by atoms with van der Waals surface area (Å²) in [5.74, 6) is 0.792. The lowest BCUT2D eigenvalue weighted by Crippen LogP contribution is -1.97. The molecule has 0 amide bonds. The van der Waals surface area contributed by atoms with Gasteiger partial charge in [0.2, 0.25) is 0 Å². The lowest BCUT2D eigenvalue weighted by molar-refractivity contribution is 0.234. The Hall–Kier alpha value is -1.91. The van der Waals surface area contributed by atoms with Gasteiger partial charge in [0.25, 0.3) is 5.89 Å². The van der Waals surface area contributed by atoms with E-state index < -0.39 is 5.82 Å². The number of hydrogen-bond acceptors (Lipinski definition) is 4. The van der Waals surface area contributed by atoms with E-state index in [-0.39, 0.29) is 12.4 Å². The van der Waals surface area contributed by atoms with E-state index in [1.807, 2.05) is 6.92 Å². The normalized spacial score (nSPS) is 10.5. The quantitative estimate of drug-likeness (QED) is 0.800. The molecule has 0 N–H and O–H groups in total. The molecule has 0 spiro atoms. The third-order valence-corrected chi connectivity index (χ3v) is 2.17. The van der Waals surface area contributed by atoms with E-state index in [0.717, 1.165) is 12.8 Å². The number of rotatable bonds is 5. The number of benzene rings is 1. The van der Waals surface area contributed by atoms with Crippen LogP contribution >= 0.6 is 0 Å². The van der Waals surface area contributed by atoms with Crippen molar-refractivity contribution in [1.82, 2.24) is 10.1 Å². The summed E-state index contributed by atoms with van der Waals surface area (Å²) >= 11 is 0. The smallest absolute Gasteiger partial charge is 0.264 e. The van der Waals surface area contributed by atoms with Crippen LogP contribution in [0.25, 0.3) is 0 Å². The van der Waals surface area contributed by atoms with Crippen molar-refractivity contribution in [2.75, 3.05) is 0 Å². The molecular weight excluding hydrogens is 223 g/mol. The summed E-state index contributed by atoms with van der Waals surface area (Å²) in [6, 6.07) is 6.20. The maximum atomic E-state index is 13.2. The van der Waals surface area contributed by atoms with Crippen LogP contribution in [-0.2, 0) is 13.0 Å². The fourth-order valence-electron chi connectivity index (χ4n) is 1.38. The Kier molecular flexibility index (Phi) is 3.69. The molecule has 4 nitrogen and oxygen atoms in total. The molecule has 1 aromatic carbocycles. The maximum Gasteiger partial charge on any atom is 0.264 e. The van der Waals surface area contributed by atoms with E-state index in [1.165, 1.54) is 6.07 Å². The fourth-order valence-corrected chi connectivity index (χ4v) is 1.38. The predicted octanol–water partition coefficient (Wildman–Crippen LogP) is 2.74. The molecule has 0 aliphatic rings. The van der Waals surface area contributed by atoms with Crippen molar-refractivity contribution in [3.8, 4) is 5.75 Å². The first-order valence-electron chi connectivity index (χ1n) is 5.48. The Morgan fingerprint density at radius 2 is 2.18 bits per heavy atom. The molecule has 90 valence electrons. The number of aromatic nitrogens is 2. The van der Waals surface area contributed by atoms with Crippen LogP contribution in [0.5, 0.6) is 5.75 Å².